The second kappa shape index (κ2) is 8.59. The number of rotatable bonds is 7. The fourth-order valence-corrected chi connectivity index (χ4v) is 4.70. The summed E-state index contributed by atoms with van der Waals surface area (Å²) in [4.78, 5) is 1.31. The fraction of sp³-hybridized carbons (Fsp3) is 0.333. The van der Waals surface area contributed by atoms with Gasteiger partial charge < -0.3 is 5.32 Å². The molecule has 20 heavy (non-hydrogen) atoms. The van der Waals surface area contributed by atoms with E-state index in [1.165, 1.54) is 14.9 Å². The van der Waals surface area contributed by atoms with Gasteiger partial charge in [-0.15, -0.1) is 11.8 Å². The molecule has 1 unspecified atom stereocenters. The molecule has 0 aliphatic carbocycles. The van der Waals surface area contributed by atoms with Crippen LogP contribution in [0.15, 0.2) is 48.9 Å². The highest BCUT2D eigenvalue weighted by atomic mass is 79.9. The lowest BCUT2D eigenvalue weighted by Gasteiger charge is -2.18. The van der Waals surface area contributed by atoms with E-state index in [1.54, 1.807) is 11.3 Å². The van der Waals surface area contributed by atoms with Crippen LogP contribution in [0.1, 0.15) is 24.9 Å². The molecule has 0 aliphatic rings. The molecule has 0 fully saturated rings. The van der Waals surface area contributed by atoms with Crippen molar-refractivity contribution in [2.24, 2.45) is 0 Å². The molecule has 1 N–H and O–H groups in total. The number of thiophene rings is 1. The largest absolute Gasteiger partial charge is 0.309 e. The zero-order valence-electron chi connectivity index (χ0n) is 11.2. The highest BCUT2D eigenvalue weighted by molar-refractivity contribution is 9.10. The van der Waals surface area contributed by atoms with Crippen LogP contribution in [0.4, 0.5) is 0 Å². The maximum Gasteiger partial charge on any atom is 0.0434 e. The summed E-state index contributed by atoms with van der Waals surface area (Å²) < 4.78 is 2.34. The molecule has 2 aromatic rings. The number of hydrogen-bond acceptors (Lipinski definition) is 3. The van der Waals surface area contributed by atoms with Gasteiger partial charge in [0.15, 0.2) is 0 Å². The molecule has 1 atom stereocenters. The lowest BCUT2D eigenvalue weighted by molar-refractivity contribution is 0.577. The third-order valence-electron chi connectivity index (χ3n) is 2.89. The first-order chi connectivity index (χ1) is 9.70. The molecular formula is C15H17Br2NS2. The molecule has 0 radical (unpaired) electrons. The zero-order chi connectivity index (χ0) is 14.4. The van der Waals surface area contributed by atoms with Crippen LogP contribution in [0.3, 0.4) is 0 Å². The van der Waals surface area contributed by atoms with Crippen molar-refractivity contribution in [2.75, 3.05) is 12.3 Å². The summed E-state index contributed by atoms with van der Waals surface area (Å²) in [5.74, 6) is 1.04. The number of hydrogen-bond donors (Lipinski definition) is 1. The van der Waals surface area contributed by atoms with Crippen LogP contribution < -0.4 is 5.32 Å². The zero-order valence-corrected chi connectivity index (χ0v) is 16.0. The van der Waals surface area contributed by atoms with Gasteiger partial charge in [0.05, 0.1) is 0 Å². The van der Waals surface area contributed by atoms with E-state index in [0.717, 1.165) is 23.2 Å². The molecule has 0 saturated carbocycles. The SMILES string of the molecule is CCCNC(CSc1ccc(Br)cc1)c1cscc1Br. The van der Waals surface area contributed by atoms with E-state index in [4.69, 9.17) is 0 Å². The molecule has 0 amide bonds. The van der Waals surface area contributed by atoms with Crippen molar-refractivity contribution in [3.63, 3.8) is 0 Å². The molecule has 1 aromatic carbocycles. The number of thioether (sulfide) groups is 1. The van der Waals surface area contributed by atoms with Gasteiger partial charge in [-0.1, -0.05) is 22.9 Å². The minimum Gasteiger partial charge on any atom is -0.309 e. The van der Waals surface area contributed by atoms with Crippen LogP contribution in [-0.2, 0) is 0 Å². The van der Waals surface area contributed by atoms with Gasteiger partial charge in [-0.2, -0.15) is 11.3 Å². The van der Waals surface area contributed by atoms with Crippen LogP contribution in [-0.4, -0.2) is 12.3 Å². The summed E-state index contributed by atoms with van der Waals surface area (Å²) in [6, 6.07) is 8.90. The minimum absolute atomic E-state index is 0.393. The van der Waals surface area contributed by atoms with E-state index >= 15 is 0 Å². The van der Waals surface area contributed by atoms with Crippen molar-refractivity contribution in [1.29, 1.82) is 0 Å². The highest BCUT2D eigenvalue weighted by Gasteiger charge is 2.15. The van der Waals surface area contributed by atoms with Crippen molar-refractivity contribution in [3.05, 3.63) is 49.5 Å². The topological polar surface area (TPSA) is 12.0 Å². The van der Waals surface area contributed by atoms with Gasteiger partial charge in [-0.3, -0.25) is 0 Å². The van der Waals surface area contributed by atoms with Crippen molar-refractivity contribution in [3.8, 4) is 0 Å². The Kier molecular flexibility index (Phi) is 7.11. The molecule has 1 aromatic heterocycles. The quantitative estimate of drug-likeness (QED) is 0.527. The highest BCUT2D eigenvalue weighted by Crippen LogP contribution is 2.31. The Morgan fingerprint density at radius 2 is 1.95 bits per heavy atom. The van der Waals surface area contributed by atoms with Gasteiger partial charge in [0, 0.05) is 31.0 Å². The van der Waals surface area contributed by atoms with E-state index in [0.29, 0.717) is 6.04 Å². The third-order valence-corrected chi connectivity index (χ3v) is 6.27. The molecule has 5 heteroatoms. The van der Waals surface area contributed by atoms with Crippen LogP contribution in [0.2, 0.25) is 0 Å². The molecule has 1 nitrogen and oxygen atoms in total. The summed E-state index contributed by atoms with van der Waals surface area (Å²) in [5, 5.41) is 8.03. The smallest absolute Gasteiger partial charge is 0.0434 e. The lowest BCUT2D eigenvalue weighted by atomic mass is 10.2. The summed E-state index contributed by atoms with van der Waals surface area (Å²) >= 11 is 10.8. The van der Waals surface area contributed by atoms with Gasteiger partial charge in [0.1, 0.15) is 0 Å². The Labute approximate surface area is 145 Å². The van der Waals surface area contributed by atoms with E-state index in [2.05, 4.69) is 79.1 Å². The van der Waals surface area contributed by atoms with Crippen molar-refractivity contribution in [2.45, 2.75) is 24.3 Å². The van der Waals surface area contributed by atoms with Crippen LogP contribution in [0.25, 0.3) is 0 Å². The predicted octanol–water partition coefficient (Wildman–Crippen LogP) is 6.11. The minimum atomic E-state index is 0.393. The van der Waals surface area contributed by atoms with E-state index < -0.39 is 0 Å². The summed E-state index contributed by atoms with van der Waals surface area (Å²) in [7, 11) is 0. The van der Waals surface area contributed by atoms with Crippen molar-refractivity contribution < 1.29 is 0 Å². The molecule has 0 bridgehead atoms. The van der Waals surface area contributed by atoms with Crippen LogP contribution >= 0.6 is 55.0 Å². The first-order valence-corrected chi connectivity index (χ1v) is 10.1. The summed E-state index contributed by atoms with van der Waals surface area (Å²) in [6.45, 7) is 3.25. The van der Waals surface area contributed by atoms with Crippen molar-refractivity contribution in [1.82, 2.24) is 5.32 Å². The molecule has 0 spiro atoms. The fourth-order valence-electron chi connectivity index (χ4n) is 1.83. The molecular weight excluding hydrogens is 418 g/mol. The number of halogens is 2. The van der Waals surface area contributed by atoms with Gasteiger partial charge in [0.2, 0.25) is 0 Å². The van der Waals surface area contributed by atoms with Gasteiger partial charge in [-0.25, -0.2) is 0 Å². The molecule has 0 aliphatic heterocycles. The molecule has 108 valence electrons. The van der Waals surface area contributed by atoms with E-state index in [9.17, 15) is 0 Å². The summed E-state index contributed by atoms with van der Waals surface area (Å²) in [6.07, 6.45) is 1.15. The van der Waals surface area contributed by atoms with Gasteiger partial charge in [-0.05, 0) is 64.1 Å². The maximum absolute atomic E-state index is 3.65. The van der Waals surface area contributed by atoms with E-state index in [-0.39, 0.29) is 0 Å². The molecule has 2 rings (SSSR count). The Hall–Kier alpha value is 0.190. The van der Waals surface area contributed by atoms with Crippen molar-refractivity contribution >= 4 is 55.0 Å². The summed E-state index contributed by atoms with van der Waals surface area (Å²) in [5.41, 5.74) is 1.37. The number of nitrogens with one attached hydrogen (secondary N) is 1. The van der Waals surface area contributed by atoms with Gasteiger partial charge >= 0.3 is 0 Å². The predicted molar refractivity (Wildman–Crippen MR) is 97.9 cm³/mol. The average Bonchev–Trinajstić information content (AvgIpc) is 2.87. The first kappa shape index (κ1) is 16.6. The van der Waals surface area contributed by atoms with Gasteiger partial charge in [0.25, 0.3) is 0 Å². The molecule has 0 saturated heterocycles. The average molecular weight is 435 g/mol. The first-order valence-electron chi connectivity index (χ1n) is 6.54. The Bertz CT molecular complexity index is 525. The van der Waals surface area contributed by atoms with Crippen LogP contribution in [0, 0.1) is 0 Å². The Morgan fingerprint density at radius 1 is 1.20 bits per heavy atom. The second-order valence-electron chi connectivity index (χ2n) is 4.45. The van der Waals surface area contributed by atoms with Crippen LogP contribution in [0.5, 0.6) is 0 Å². The second-order valence-corrected chi connectivity index (χ2v) is 8.05. The Morgan fingerprint density at radius 3 is 2.55 bits per heavy atom. The number of benzene rings is 1. The monoisotopic (exact) mass is 433 g/mol. The molecule has 1 heterocycles. The normalized spacial score (nSPS) is 12.6. The van der Waals surface area contributed by atoms with E-state index in [1.807, 2.05) is 11.8 Å². The third kappa shape index (κ3) is 4.88. The maximum atomic E-state index is 3.65. The standard InChI is InChI=1S/C15H17Br2NS2/c1-2-7-18-15(13-8-19-9-14(13)17)10-20-12-5-3-11(16)4-6-12/h3-6,8-9,15,18H,2,7,10H2,1H3. The lowest BCUT2D eigenvalue weighted by Crippen LogP contribution is -2.24. The Balaban J connectivity index is 2.01.